The van der Waals surface area contributed by atoms with Gasteiger partial charge in [0.15, 0.2) is 0 Å². The van der Waals surface area contributed by atoms with E-state index in [1.807, 2.05) is 6.92 Å². The Bertz CT molecular complexity index is 1080. The molecule has 1 aliphatic heterocycles. The first-order valence-corrected chi connectivity index (χ1v) is 12.4. The second-order valence-corrected chi connectivity index (χ2v) is 9.65. The molecule has 1 unspecified atom stereocenters. The number of imidazole rings is 1. The van der Waals surface area contributed by atoms with Gasteiger partial charge in [-0.3, -0.25) is 19.4 Å². The van der Waals surface area contributed by atoms with Crippen molar-refractivity contribution in [1.29, 1.82) is 0 Å². The summed E-state index contributed by atoms with van der Waals surface area (Å²) in [6, 6.07) is 2.02. The molecule has 0 spiro atoms. The maximum atomic E-state index is 13.6. The monoisotopic (exact) mass is 481 g/mol. The third-order valence-corrected chi connectivity index (χ3v) is 7.38. The molecule has 3 N–H and O–H groups in total. The molecule has 1 aliphatic carbocycles. The number of likely N-dealkylation sites (N-methyl/N-ethyl adjacent to an activating group) is 1. The molecule has 2 aliphatic rings. The number of carbonyl (C=O) groups excluding carboxylic acids is 3. The molecule has 0 aromatic carbocycles. The number of carbonyl (C=O) groups is 3. The van der Waals surface area contributed by atoms with E-state index >= 15 is 0 Å². The van der Waals surface area contributed by atoms with Crippen LogP contribution in [0.4, 0.5) is 16.6 Å². The first-order chi connectivity index (χ1) is 16.8. The van der Waals surface area contributed by atoms with Gasteiger partial charge in [-0.1, -0.05) is 26.2 Å². The van der Waals surface area contributed by atoms with Crippen LogP contribution < -0.4 is 16.0 Å². The molecule has 3 atom stereocenters. The SMILES string of the molecule is CC[C@@H](NC(=O)N1C(=O)C(Cc2ccnc(N)c2)[C@H]1C(=O)N(C)c1nccn1C)C1CCCCC1. The Kier molecular flexibility index (Phi) is 7.37. The zero-order valence-electron chi connectivity index (χ0n) is 20.7. The van der Waals surface area contributed by atoms with Crippen LogP contribution in [0.25, 0.3) is 0 Å². The highest BCUT2D eigenvalue weighted by molar-refractivity contribution is 6.12. The number of rotatable bonds is 7. The van der Waals surface area contributed by atoms with Gasteiger partial charge in [0.1, 0.15) is 11.9 Å². The number of anilines is 2. The van der Waals surface area contributed by atoms with E-state index in [0.29, 0.717) is 24.1 Å². The molecular formula is C25H35N7O3. The van der Waals surface area contributed by atoms with E-state index in [0.717, 1.165) is 42.6 Å². The normalized spacial score (nSPS) is 21.3. The highest BCUT2D eigenvalue weighted by Gasteiger charge is 2.55. The van der Waals surface area contributed by atoms with Gasteiger partial charge in [0.25, 0.3) is 5.91 Å². The van der Waals surface area contributed by atoms with Gasteiger partial charge in [-0.2, -0.15) is 0 Å². The van der Waals surface area contributed by atoms with Gasteiger partial charge in [-0.05, 0) is 49.3 Å². The number of nitrogens with zero attached hydrogens (tertiary/aromatic N) is 5. The molecule has 0 radical (unpaired) electrons. The van der Waals surface area contributed by atoms with Crippen LogP contribution in [-0.2, 0) is 23.1 Å². The van der Waals surface area contributed by atoms with Crippen molar-refractivity contribution in [3.05, 3.63) is 36.3 Å². The lowest BCUT2D eigenvalue weighted by molar-refractivity contribution is -0.156. The quantitative estimate of drug-likeness (QED) is 0.585. The number of β-lactam (4-membered cyclic amide) rings is 1. The Morgan fingerprint density at radius 3 is 2.60 bits per heavy atom. The minimum atomic E-state index is -0.928. The van der Waals surface area contributed by atoms with Crippen LogP contribution >= 0.6 is 0 Å². The maximum Gasteiger partial charge on any atom is 0.325 e. The van der Waals surface area contributed by atoms with Crippen molar-refractivity contribution in [2.24, 2.45) is 18.9 Å². The summed E-state index contributed by atoms with van der Waals surface area (Å²) >= 11 is 0. The summed E-state index contributed by atoms with van der Waals surface area (Å²) in [5.74, 6) is -0.207. The largest absolute Gasteiger partial charge is 0.384 e. The van der Waals surface area contributed by atoms with Gasteiger partial charge >= 0.3 is 6.03 Å². The van der Waals surface area contributed by atoms with Crippen LogP contribution in [0.1, 0.15) is 51.0 Å². The zero-order chi connectivity index (χ0) is 25.1. The first-order valence-electron chi connectivity index (χ1n) is 12.4. The number of aromatic nitrogens is 3. The van der Waals surface area contributed by atoms with Crippen LogP contribution in [-0.4, -0.2) is 56.4 Å². The summed E-state index contributed by atoms with van der Waals surface area (Å²) in [6.45, 7) is 2.05. The van der Waals surface area contributed by atoms with Crippen molar-refractivity contribution in [3.63, 3.8) is 0 Å². The van der Waals surface area contributed by atoms with Crippen LogP contribution in [0.3, 0.4) is 0 Å². The Morgan fingerprint density at radius 2 is 1.97 bits per heavy atom. The average Bonchev–Trinajstić information content (AvgIpc) is 3.29. The number of urea groups is 1. The number of nitrogen functional groups attached to an aromatic ring is 1. The summed E-state index contributed by atoms with van der Waals surface area (Å²) < 4.78 is 1.72. The molecule has 35 heavy (non-hydrogen) atoms. The standard InChI is InChI=1S/C25H35N7O3/c1-4-19(17-8-6-5-7-9-17)29-25(35)32-21(23(34)31(3)24-28-12-13-30(24)2)18(22(32)33)14-16-10-11-27-20(26)15-16/h10-13,15,17-19,21H,4-9,14H2,1-3H3,(H2,26,27)(H,29,35)/t18?,19-,21+/m1/s1. The number of likely N-dealkylation sites (tertiary alicyclic amines) is 1. The first kappa shape index (κ1) is 24.7. The lowest BCUT2D eigenvalue weighted by Crippen LogP contribution is -2.71. The second-order valence-electron chi connectivity index (χ2n) is 9.65. The van der Waals surface area contributed by atoms with Crippen molar-refractivity contribution >= 4 is 29.6 Å². The Hall–Kier alpha value is -3.43. The molecule has 10 heteroatoms. The fourth-order valence-electron chi connectivity index (χ4n) is 5.43. The third kappa shape index (κ3) is 5.01. The van der Waals surface area contributed by atoms with Crippen molar-refractivity contribution in [2.45, 2.75) is 64.0 Å². The van der Waals surface area contributed by atoms with E-state index in [1.165, 1.54) is 11.3 Å². The predicted octanol–water partition coefficient (Wildman–Crippen LogP) is 2.50. The third-order valence-electron chi connectivity index (χ3n) is 7.38. The molecule has 4 rings (SSSR count). The number of imide groups is 1. The summed E-state index contributed by atoms with van der Waals surface area (Å²) in [5.41, 5.74) is 6.61. The summed E-state index contributed by atoms with van der Waals surface area (Å²) in [7, 11) is 3.40. The lowest BCUT2D eigenvalue weighted by atomic mass is 9.81. The Morgan fingerprint density at radius 1 is 1.23 bits per heavy atom. The average molecular weight is 482 g/mol. The van der Waals surface area contributed by atoms with E-state index in [-0.39, 0.29) is 17.9 Å². The highest BCUT2D eigenvalue weighted by atomic mass is 16.2. The number of amides is 4. The topological polar surface area (TPSA) is 126 Å². The van der Waals surface area contributed by atoms with Gasteiger partial charge < -0.3 is 15.6 Å². The number of hydrogen-bond acceptors (Lipinski definition) is 6. The molecule has 2 fully saturated rings. The summed E-state index contributed by atoms with van der Waals surface area (Å²) in [6.07, 6.45) is 11.7. The van der Waals surface area contributed by atoms with E-state index in [9.17, 15) is 14.4 Å². The zero-order valence-corrected chi connectivity index (χ0v) is 20.7. The highest BCUT2D eigenvalue weighted by Crippen LogP contribution is 2.34. The predicted molar refractivity (Wildman–Crippen MR) is 132 cm³/mol. The van der Waals surface area contributed by atoms with Gasteiger partial charge in [0.2, 0.25) is 11.9 Å². The molecule has 1 saturated carbocycles. The maximum absolute atomic E-state index is 13.6. The number of aryl methyl sites for hydroxylation is 1. The molecule has 2 aromatic heterocycles. The Labute approximate surface area is 205 Å². The fourth-order valence-corrected chi connectivity index (χ4v) is 5.43. The van der Waals surface area contributed by atoms with E-state index in [1.54, 1.807) is 49.4 Å². The molecule has 2 aromatic rings. The molecule has 3 heterocycles. The molecule has 1 saturated heterocycles. The van der Waals surface area contributed by atoms with Crippen molar-refractivity contribution in [3.8, 4) is 0 Å². The van der Waals surface area contributed by atoms with Gasteiger partial charge in [0, 0.05) is 38.7 Å². The van der Waals surface area contributed by atoms with Crippen LogP contribution in [0.5, 0.6) is 0 Å². The van der Waals surface area contributed by atoms with Crippen LogP contribution in [0, 0.1) is 11.8 Å². The lowest BCUT2D eigenvalue weighted by Gasteiger charge is -2.46. The number of nitrogens with one attached hydrogen (secondary N) is 1. The number of nitrogens with two attached hydrogens (primary N) is 1. The Balaban J connectivity index is 1.56. The van der Waals surface area contributed by atoms with Crippen LogP contribution in [0.2, 0.25) is 0 Å². The smallest absolute Gasteiger partial charge is 0.325 e. The van der Waals surface area contributed by atoms with E-state index in [2.05, 4.69) is 15.3 Å². The minimum absolute atomic E-state index is 0.0160. The number of hydrogen-bond donors (Lipinski definition) is 2. The molecule has 10 nitrogen and oxygen atoms in total. The van der Waals surface area contributed by atoms with Crippen molar-refractivity contribution in [1.82, 2.24) is 24.8 Å². The summed E-state index contributed by atoms with van der Waals surface area (Å²) in [4.78, 5) is 51.0. The van der Waals surface area contributed by atoms with Crippen molar-refractivity contribution in [2.75, 3.05) is 17.7 Å². The number of pyridine rings is 1. The van der Waals surface area contributed by atoms with Crippen LogP contribution in [0.15, 0.2) is 30.7 Å². The molecular weight excluding hydrogens is 446 g/mol. The molecule has 188 valence electrons. The minimum Gasteiger partial charge on any atom is -0.384 e. The molecule has 0 bridgehead atoms. The van der Waals surface area contributed by atoms with Gasteiger partial charge in [0.05, 0.1) is 5.92 Å². The van der Waals surface area contributed by atoms with Gasteiger partial charge in [-0.25, -0.2) is 14.8 Å². The van der Waals surface area contributed by atoms with E-state index in [4.69, 9.17) is 5.73 Å². The van der Waals surface area contributed by atoms with E-state index < -0.39 is 18.0 Å². The fraction of sp³-hybridized carbons (Fsp3) is 0.560. The van der Waals surface area contributed by atoms with Crippen molar-refractivity contribution < 1.29 is 14.4 Å². The van der Waals surface area contributed by atoms with Gasteiger partial charge in [-0.15, -0.1) is 0 Å². The second kappa shape index (κ2) is 10.5. The summed E-state index contributed by atoms with van der Waals surface area (Å²) in [5, 5.41) is 3.08. The molecule has 4 amide bonds.